The van der Waals surface area contributed by atoms with Crippen LogP contribution in [0.15, 0.2) is 53.8 Å². The van der Waals surface area contributed by atoms with Crippen molar-refractivity contribution in [2.24, 2.45) is 5.10 Å². The van der Waals surface area contributed by atoms with Gasteiger partial charge in [0.15, 0.2) is 10.5 Å². The number of H-pyrrole nitrogens is 1. The van der Waals surface area contributed by atoms with Crippen LogP contribution in [0.2, 0.25) is 10.0 Å². The average Bonchev–Trinajstić information content (AvgIpc) is 3.30. The van der Waals surface area contributed by atoms with Crippen LogP contribution in [0.25, 0.3) is 10.9 Å². The number of thioether (sulfide) groups is 1. The van der Waals surface area contributed by atoms with Gasteiger partial charge in [0.2, 0.25) is 0 Å². The number of carbonyl (C=O) groups is 1. The van der Waals surface area contributed by atoms with Gasteiger partial charge in [-0.2, -0.15) is 10.2 Å². The van der Waals surface area contributed by atoms with E-state index in [1.165, 1.54) is 22.8 Å². The number of anilines is 1. The summed E-state index contributed by atoms with van der Waals surface area (Å²) in [4.78, 5) is 16.0. The van der Waals surface area contributed by atoms with E-state index in [0.717, 1.165) is 16.5 Å². The molecule has 12 heteroatoms. The lowest BCUT2D eigenvalue weighted by Crippen LogP contribution is -2.54. The van der Waals surface area contributed by atoms with Crippen molar-refractivity contribution in [3.05, 3.63) is 64.3 Å². The number of fused-ring (bicyclic) bond motifs is 1. The van der Waals surface area contributed by atoms with Crippen LogP contribution in [0.5, 0.6) is 0 Å². The van der Waals surface area contributed by atoms with Gasteiger partial charge in [0.05, 0.1) is 21.0 Å². The molecular formula is C24H27Cl2N5O3S2. The van der Waals surface area contributed by atoms with E-state index < -0.39 is 16.9 Å². The number of hydroxylamine groups is 2. The Bertz CT molecular complexity index is 1280. The number of rotatable bonds is 4. The molecule has 3 aromatic rings. The molecule has 2 heterocycles. The summed E-state index contributed by atoms with van der Waals surface area (Å²) in [6, 6.07) is 11.7. The quantitative estimate of drug-likeness (QED) is 0.123. The van der Waals surface area contributed by atoms with E-state index in [1.54, 1.807) is 32.2 Å². The highest BCUT2D eigenvalue weighted by molar-refractivity contribution is 8.24. The van der Waals surface area contributed by atoms with Crippen molar-refractivity contribution >= 4 is 80.3 Å². The third-order valence-electron chi connectivity index (χ3n) is 4.94. The van der Waals surface area contributed by atoms with Crippen LogP contribution in [0.1, 0.15) is 33.3 Å². The van der Waals surface area contributed by atoms with Gasteiger partial charge in [0.1, 0.15) is 0 Å². The van der Waals surface area contributed by atoms with Crippen LogP contribution < -0.4 is 5.32 Å². The van der Waals surface area contributed by atoms with Gasteiger partial charge in [-0.05, 0) is 52.0 Å². The van der Waals surface area contributed by atoms with Crippen LogP contribution in [0, 0.1) is 0 Å². The highest BCUT2D eigenvalue weighted by Gasteiger charge is 2.50. The predicted molar refractivity (Wildman–Crippen MR) is 152 cm³/mol. The Morgan fingerprint density at radius 1 is 1.28 bits per heavy atom. The number of aromatic amines is 1. The average molecular weight is 569 g/mol. The molecule has 0 bridgehead atoms. The predicted octanol–water partition coefficient (Wildman–Crippen LogP) is 6.56. The molecule has 0 aliphatic carbocycles. The Balaban J connectivity index is 0.000000840. The topological polar surface area (TPSA) is 104 Å². The van der Waals surface area contributed by atoms with Gasteiger partial charge in [-0.3, -0.25) is 5.21 Å². The summed E-state index contributed by atoms with van der Waals surface area (Å²) in [6.07, 6.45) is 2.49. The summed E-state index contributed by atoms with van der Waals surface area (Å²) < 4.78 is -0.185. The van der Waals surface area contributed by atoms with E-state index in [0.29, 0.717) is 20.1 Å². The lowest BCUT2D eigenvalue weighted by Gasteiger charge is -2.34. The molecule has 1 aliphatic heterocycles. The summed E-state index contributed by atoms with van der Waals surface area (Å²) in [5, 5.41) is 29.7. The van der Waals surface area contributed by atoms with Gasteiger partial charge in [0, 0.05) is 34.5 Å². The molecule has 1 unspecified atom stereocenters. The summed E-state index contributed by atoms with van der Waals surface area (Å²) in [5.41, 5.74) is 2.24. The second-order valence-electron chi connectivity index (χ2n) is 8.72. The van der Waals surface area contributed by atoms with Crippen LogP contribution in [-0.2, 0) is 0 Å². The summed E-state index contributed by atoms with van der Waals surface area (Å²) in [7, 11) is 0. The SMILES string of the molecule is CC(C)O.CC1(C)SC(=S)N(/N=C/c2c[nH]c3ccccc23)C1N(O)C(=O)Nc1ccc(Cl)c(Cl)c1. The van der Waals surface area contributed by atoms with Crippen LogP contribution >= 0.6 is 47.2 Å². The third kappa shape index (κ3) is 6.70. The van der Waals surface area contributed by atoms with Gasteiger partial charge in [-0.15, -0.1) is 0 Å². The minimum atomic E-state index is -0.843. The zero-order valence-electron chi connectivity index (χ0n) is 20.1. The van der Waals surface area contributed by atoms with E-state index in [1.807, 2.05) is 44.3 Å². The number of benzene rings is 2. The number of halogens is 2. The molecule has 2 amide bonds. The van der Waals surface area contributed by atoms with E-state index in [2.05, 4.69) is 15.4 Å². The summed E-state index contributed by atoms with van der Waals surface area (Å²) in [5.74, 6) is 0. The molecule has 1 saturated heterocycles. The second-order valence-corrected chi connectivity index (χ2v) is 11.8. The number of aromatic nitrogens is 1. The maximum Gasteiger partial charge on any atom is 0.347 e. The largest absolute Gasteiger partial charge is 0.394 e. The molecule has 4 rings (SSSR count). The fourth-order valence-electron chi connectivity index (χ4n) is 3.42. The van der Waals surface area contributed by atoms with Crippen molar-refractivity contribution in [2.75, 3.05) is 5.32 Å². The molecule has 1 atom stereocenters. The van der Waals surface area contributed by atoms with E-state index in [4.69, 9.17) is 40.5 Å². The van der Waals surface area contributed by atoms with Gasteiger partial charge >= 0.3 is 6.03 Å². The van der Waals surface area contributed by atoms with Crippen LogP contribution in [-0.4, -0.2) is 59.0 Å². The Morgan fingerprint density at radius 2 is 1.94 bits per heavy atom. The molecule has 0 radical (unpaired) electrons. The van der Waals surface area contributed by atoms with E-state index >= 15 is 0 Å². The standard InChI is InChI=1S/C21H19Cl2N5O2S2.C3H8O/c1-21(2)18(28(30)19(29)26-13-7-8-15(22)16(23)9-13)27(20(31)32-21)25-11-12-10-24-17-6-4-3-5-14(12)17;1-3(2)4/h3-11,18,24,30H,1-2H3,(H,26,29);3-4H,1-2H3/b25-11+;. The minimum absolute atomic E-state index is 0.167. The molecule has 2 aromatic carbocycles. The van der Waals surface area contributed by atoms with Crippen molar-refractivity contribution < 1.29 is 15.1 Å². The first-order valence-electron chi connectivity index (χ1n) is 10.9. The van der Waals surface area contributed by atoms with Gasteiger partial charge in [0.25, 0.3) is 0 Å². The number of para-hydroxylation sites is 1. The Kier molecular flexibility index (Phi) is 9.26. The van der Waals surface area contributed by atoms with Gasteiger partial charge in [-0.25, -0.2) is 9.80 Å². The number of nitrogens with zero attached hydrogens (tertiary/aromatic N) is 3. The number of thiocarbonyl (C=S) groups is 1. The van der Waals surface area contributed by atoms with Crippen LogP contribution in [0.4, 0.5) is 10.5 Å². The highest BCUT2D eigenvalue weighted by Crippen LogP contribution is 2.42. The first-order valence-corrected chi connectivity index (χ1v) is 12.9. The van der Waals surface area contributed by atoms with Crippen molar-refractivity contribution in [3.63, 3.8) is 0 Å². The van der Waals surface area contributed by atoms with Crippen molar-refractivity contribution in [3.8, 4) is 0 Å². The molecule has 1 fully saturated rings. The number of aliphatic hydroxyl groups is 1. The molecule has 0 spiro atoms. The number of aliphatic hydroxyl groups excluding tert-OH is 1. The molecule has 192 valence electrons. The normalized spacial score (nSPS) is 17.0. The molecular weight excluding hydrogens is 541 g/mol. The number of amides is 2. The molecule has 4 N–H and O–H groups in total. The number of nitrogens with one attached hydrogen (secondary N) is 2. The molecule has 1 aromatic heterocycles. The Morgan fingerprint density at radius 3 is 2.61 bits per heavy atom. The highest BCUT2D eigenvalue weighted by atomic mass is 35.5. The fourth-order valence-corrected chi connectivity index (χ4v) is 5.50. The van der Waals surface area contributed by atoms with E-state index in [-0.39, 0.29) is 11.1 Å². The zero-order chi connectivity index (χ0) is 26.6. The van der Waals surface area contributed by atoms with E-state index in [9.17, 15) is 10.0 Å². The number of hydrogen-bond donors (Lipinski definition) is 4. The smallest absolute Gasteiger partial charge is 0.347 e. The third-order valence-corrected chi connectivity index (χ3v) is 7.22. The number of hydrazone groups is 1. The first kappa shape index (κ1) is 28.2. The van der Waals surface area contributed by atoms with Crippen LogP contribution in [0.3, 0.4) is 0 Å². The Labute approximate surface area is 229 Å². The molecule has 1 aliphatic rings. The fraction of sp³-hybridized carbons (Fsp3) is 0.292. The van der Waals surface area contributed by atoms with Gasteiger partial charge < -0.3 is 15.4 Å². The zero-order valence-corrected chi connectivity index (χ0v) is 23.2. The first-order chi connectivity index (χ1) is 16.9. The lowest BCUT2D eigenvalue weighted by molar-refractivity contribution is -0.114. The number of hydrogen-bond acceptors (Lipinski definition) is 6. The van der Waals surface area contributed by atoms with Crippen molar-refractivity contribution in [2.45, 2.75) is 44.7 Å². The monoisotopic (exact) mass is 567 g/mol. The Hall–Kier alpha value is -2.34. The minimum Gasteiger partial charge on any atom is -0.394 e. The van der Waals surface area contributed by atoms with Crippen molar-refractivity contribution in [1.29, 1.82) is 0 Å². The number of carbonyl (C=O) groups excluding carboxylic acids is 1. The molecule has 0 saturated carbocycles. The maximum absolute atomic E-state index is 12.8. The molecule has 36 heavy (non-hydrogen) atoms. The maximum atomic E-state index is 12.8. The second kappa shape index (κ2) is 11.8. The van der Waals surface area contributed by atoms with Crippen molar-refractivity contribution in [1.82, 2.24) is 15.1 Å². The molecule has 8 nitrogen and oxygen atoms in total. The lowest BCUT2D eigenvalue weighted by atomic mass is 10.1. The number of urea groups is 1. The van der Waals surface area contributed by atoms with Gasteiger partial charge in [-0.1, -0.05) is 65.4 Å². The summed E-state index contributed by atoms with van der Waals surface area (Å²) in [6.45, 7) is 7.21. The summed E-state index contributed by atoms with van der Waals surface area (Å²) >= 11 is 18.8.